The molecule has 1 saturated heterocycles. The van der Waals surface area contributed by atoms with Gasteiger partial charge in [0.05, 0.1) is 41.8 Å². The summed E-state index contributed by atoms with van der Waals surface area (Å²) < 4.78 is 80.0. The van der Waals surface area contributed by atoms with Crippen molar-refractivity contribution in [1.82, 2.24) is 29.7 Å². The van der Waals surface area contributed by atoms with Gasteiger partial charge >= 0.3 is 12.4 Å². The van der Waals surface area contributed by atoms with E-state index in [0.29, 0.717) is 42.9 Å². The monoisotopic (exact) mass is 577 g/mol. The first-order chi connectivity index (χ1) is 19.5. The van der Waals surface area contributed by atoms with Gasteiger partial charge in [-0.05, 0) is 36.4 Å². The zero-order valence-electron chi connectivity index (χ0n) is 21.5. The summed E-state index contributed by atoms with van der Waals surface area (Å²) in [4.78, 5) is 20.9. The third-order valence-electron chi connectivity index (χ3n) is 6.69. The molecule has 0 atom stereocenters. The standard InChI is InChI=1S/C27H25F6N7O/c28-26(29,30)20-2-1-7-34-24(20)17-3-5-19-21(14-17)37-23(16-40-10-8-39(9-11-40)12-13-41)38-25(19)36-18-4-6-22(35-15-18)27(31,32)33/h1-7,14-15,41H,8-13,16H2,(H,36,37,38). The first kappa shape index (κ1) is 28.6. The average molecular weight is 578 g/mol. The first-order valence-corrected chi connectivity index (χ1v) is 12.7. The molecule has 2 N–H and O–H groups in total. The molecule has 3 aromatic heterocycles. The van der Waals surface area contributed by atoms with Crippen LogP contribution in [0.3, 0.4) is 0 Å². The van der Waals surface area contributed by atoms with E-state index < -0.39 is 23.6 Å². The molecule has 0 radical (unpaired) electrons. The van der Waals surface area contributed by atoms with E-state index in [2.05, 4.69) is 35.1 Å². The molecule has 0 saturated carbocycles. The van der Waals surface area contributed by atoms with Crippen LogP contribution in [0.1, 0.15) is 17.1 Å². The summed E-state index contributed by atoms with van der Waals surface area (Å²) >= 11 is 0. The lowest BCUT2D eigenvalue weighted by Crippen LogP contribution is -2.46. The Balaban J connectivity index is 1.52. The van der Waals surface area contributed by atoms with Gasteiger partial charge in [0.1, 0.15) is 17.3 Å². The number of rotatable bonds is 7. The number of aliphatic hydroxyl groups is 1. The van der Waals surface area contributed by atoms with E-state index in [1.165, 1.54) is 30.5 Å². The summed E-state index contributed by atoms with van der Waals surface area (Å²) in [5.74, 6) is 0.652. The highest BCUT2D eigenvalue weighted by molar-refractivity contribution is 5.93. The SMILES string of the molecule is OCCN1CCN(Cc2nc(Nc3ccc(C(F)(F)F)nc3)c3ccc(-c4ncccc4C(F)(F)F)cc3n2)CC1. The number of pyridine rings is 2. The number of hydrogen-bond donors (Lipinski definition) is 2. The van der Waals surface area contributed by atoms with Crippen molar-refractivity contribution in [2.75, 3.05) is 44.6 Å². The van der Waals surface area contributed by atoms with Crippen LogP contribution in [0.15, 0.2) is 54.9 Å². The topological polar surface area (TPSA) is 90.3 Å². The number of nitrogens with zero attached hydrogens (tertiary/aromatic N) is 6. The molecule has 4 aromatic rings. The van der Waals surface area contributed by atoms with E-state index >= 15 is 0 Å². The zero-order chi connectivity index (χ0) is 29.2. The number of nitrogens with one attached hydrogen (secondary N) is 1. The number of fused-ring (bicyclic) bond motifs is 1. The Morgan fingerprint density at radius 3 is 2.27 bits per heavy atom. The molecule has 41 heavy (non-hydrogen) atoms. The fourth-order valence-electron chi connectivity index (χ4n) is 4.64. The van der Waals surface area contributed by atoms with E-state index in [9.17, 15) is 31.4 Å². The van der Waals surface area contributed by atoms with Gasteiger partial charge in [-0.25, -0.2) is 15.0 Å². The number of β-amino-alcohol motifs (C(OH)–C–C–N with tert-alkyl or cyclic N) is 1. The molecule has 1 aliphatic rings. The highest BCUT2D eigenvalue weighted by atomic mass is 19.4. The predicted octanol–water partition coefficient (Wildman–Crippen LogP) is 4.98. The summed E-state index contributed by atoms with van der Waals surface area (Å²) in [7, 11) is 0. The summed E-state index contributed by atoms with van der Waals surface area (Å²) in [6.45, 7) is 3.83. The van der Waals surface area contributed by atoms with Crippen LogP contribution < -0.4 is 5.32 Å². The third kappa shape index (κ3) is 6.72. The normalized spacial score (nSPS) is 15.4. The molecule has 14 heteroatoms. The van der Waals surface area contributed by atoms with Crippen molar-refractivity contribution in [1.29, 1.82) is 0 Å². The van der Waals surface area contributed by atoms with Crippen LogP contribution in [0.2, 0.25) is 0 Å². The number of alkyl halides is 6. The molecule has 216 valence electrons. The molecule has 0 unspecified atom stereocenters. The van der Waals surface area contributed by atoms with Gasteiger partial charge in [0.15, 0.2) is 0 Å². The fraction of sp³-hybridized carbons (Fsp3) is 0.333. The Hall–Kier alpha value is -3.88. The Labute approximate surface area is 230 Å². The molecule has 0 spiro atoms. The zero-order valence-corrected chi connectivity index (χ0v) is 21.5. The highest BCUT2D eigenvalue weighted by Crippen LogP contribution is 2.37. The maximum Gasteiger partial charge on any atom is 0.433 e. The van der Waals surface area contributed by atoms with Gasteiger partial charge in [0.25, 0.3) is 0 Å². The Kier molecular flexibility index (Phi) is 8.07. The van der Waals surface area contributed by atoms with Crippen molar-refractivity contribution >= 4 is 22.4 Å². The number of aliphatic hydroxyl groups excluding tert-OH is 1. The van der Waals surface area contributed by atoms with E-state index in [-0.39, 0.29) is 29.4 Å². The van der Waals surface area contributed by atoms with E-state index in [0.717, 1.165) is 31.4 Å². The largest absolute Gasteiger partial charge is 0.433 e. The summed E-state index contributed by atoms with van der Waals surface area (Å²) in [6, 6.07) is 8.76. The number of benzene rings is 1. The van der Waals surface area contributed by atoms with Crippen LogP contribution in [0.4, 0.5) is 37.8 Å². The van der Waals surface area contributed by atoms with Gasteiger partial charge in [-0.2, -0.15) is 26.3 Å². The average Bonchev–Trinajstić information content (AvgIpc) is 2.93. The third-order valence-corrected chi connectivity index (χ3v) is 6.69. The van der Waals surface area contributed by atoms with Gasteiger partial charge in [-0.3, -0.25) is 14.8 Å². The van der Waals surface area contributed by atoms with E-state index in [4.69, 9.17) is 0 Å². The van der Waals surface area contributed by atoms with Gasteiger partial charge in [-0.15, -0.1) is 0 Å². The molecule has 0 aliphatic carbocycles. The maximum absolute atomic E-state index is 13.7. The number of aromatic nitrogens is 4. The molecule has 5 rings (SSSR count). The van der Waals surface area contributed by atoms with Crippen molar-refractivity contribution in [2.45, 2.75) is 18.9 Å². The molecule has 0 amide bonds. The van der Waals surface area contributed by atoms with Crippen molar-refractivity contribution < 1.29 is 31.4 Å². The van der Waals surface area contributed by atoms with E-state index in [1.54, 1.807) is 6.07 Å². The number of halogens is 6. The molecule has 1 fully saturated rings. The lowest BCUT2D eigenvalue weighted by Gasteiger charge is -2.33. The minimum Gasteiger partial charge on any atom is -0.395 e. The number of hydrogen-bond acceptors (Lipinski definition) is 8. The molecule has 8 nitrogen and oxygen atoms in total. The van der Waals surface area contributed by atoms with Crippen molar-refractivity contribution in [2.24, 2.45) is 0 Å². The second-order valence-electron chi connectivity index (χ2n) is 9.51. The van der Waals surface area contributed by atoms with Crippen molar-refractivity contribution in [3.05, 3.63) is 71.9 Å². The number of piperazine rings is 1. The van der Waals surface area contributed by atoms with Crippen LogP contribution in [0.5, 0.6) is 0 Å². The minimum atomic E-state index is -4.62. The van der Waals surface area contributed by atoms with Crippen LogP contribution in [0, 0.1) is 0 Å². The summed E-state index contributed by atoms with van der Waals surface area (Å²) in [6.07, 6.45) is -6.89. The molecule has 1 aromatic carbocycles. The smallest absolute Gasteiger partial charge is 0.395 e. The first-order valence-electron chi connectivity index (χ1n) is 12.7. The molecule has 0 bridgehead atoms. The molecule has 4 heterocycles. The Morgan fingerprint density at radius 2 is 1.61 bits per heavy atom. The Bertz CT molecular complexity index is 1500. The molecular formula is C27H25F6N7O. The lowest BCUT2D eigenvalue weighted by atomic mass is 10.0. The second kappa shape index (κ2) is 11.5. The molecule has 1 aliphatic heterocycles. The number of anilines is 2. The second-order valence-corrected chi connectivity index (χ2v) is 9.51. The van der Waals surface area contributed by atoms with E-state index in [1.807, 2.05) is 0 Å². The van der Waals surface area contributed by atoms with Gasteiger partial charge in [0, 0.05) is 49.9 Å². The Morgan fingerprint density at radius 1 is 0.854 bits per heavy atom. The van der Waals surface area contributed by atoms with Gasteiger partial charge < -0.3 is 10.4 Å². The van der Waals surface area contributed by atoms with Crippen LogP contribution >= 0.6 is 0 Å². The van der Waals surface area contributed by atoms with Crippen LogP contribution in [0.25, 0.3) is 22.2 Å². The quantitative estimate of drug-likeness (QED) is 0.298. The van der Waals surface area contributed by atoms with Crippen molar-refractivity contribution in [3.8, 4) is 11.3 Å². The van der Waals surface area contributed by atoms with Crippen LogP contribution in [-0.4, -0.2) is 74.2 Å². The fourth-order valence-corrected chi connectivity index (χ4v) is 4.64. The summed E-state index contributed by atoms with van der Waals surface area (Å²) in [5, 5.41) is 12.6. The van der Waals surface area contributed by atoms with Crippen molar-refractivity contribution in [3.63, 3.8) is 0 Å². The van der Waals surface area contributed by atoms with Gasteiger partial charge in [0.2, 0.25) is 0 Å². The minimum absolute atomic E-state index is 0.0658. The predicted molar refractivity (Wildman–Crippen MR) is 139 cm³/mol. The summed E-state index contributed by atoms with van der Waals surface area (Å²) in [5.41, 5.74) is -1.39. The van der Waals surface area contributed by atoms with Crippen LogP contribution in [-0.2, 0) is 18.9 Å². The van der Waals surface area contributed by atoms with Gasteiger partial charge in [-0.1, -0.05) is 6.07 Å². The highest BCUT2D eigenvalue weighted by Gasteiger charge is 2.34. The maximum atomic E-state index is 13.7. The molecular weight excluding hydrogens is 552 g/mol. The lowest BCUT2D eigenvalue weighted by molar-refractivity contribution is -0.141.